The van der Waals surface area contributed by atoms with Gasteiger partial charge in [-0.2, -0.15) is 0 Å². The van der Waals surface area contributed by atoms with Crippen molar-refractivity contribution in [2.45, 2.75) is 41.0 Å². The summed E-state index contributed by atoms with van der Waals surface area (Å²) in [5.74, 6) is 0.840. The molecular formula is C10H18. The molecule has 0 saturated carbocycles. The summed E-state index contributed by atoms with van der Waals surface area (Å²) < 4.78 is 0. The van der Waals surface area contributed by atoms with E-state index in [0.717, 1.165) is 5.92 Å². The molecule has 0 aliphatic heterocycles. The van der Waals surface area contributed by atoms with E-state index in [1.807, 2.05) is 0 Å². The van der Waals surface area contributed by atoms with E-state index in [-0.39, 0.29) is 0 Å². The molecule has 0 unspecified atom stereocenters. The van der Waals surface area contributed by atoms with Gasteiger partial charge in [-0.25, -0.2) is 0 Å². The maximum Gasteiger partial charge on any atom is -0.0116 e. The van der Waals surface area contributed by atoms with Gasteiger partial charge in [0.1, 0.15) is 0 Å². The fourth-order valence-electron chi connectivity index (χ4n) is 1.79. The van der Waals surface area contributed by atoms with Crippen LogP contribution in [0.15, 0.2) is 11.1 Å². The van der Waals surface area contributed by atoms with Crippen molar-refractivity contribution in [3.63, 3.8) is 0 Å². The topological polar surface area (TPSA) is 0 Å². The van der Waals surface area contributed by atoms with Gasteiger partial charge in [-0.1, -0.05) is 31.9 Å². The van der Waals surface area contributed by atoms with Gasteiger partial charge in [0.15, 0.2) is 0 Å². The minimum absolute atomic E-state index is 0.462. The van der Waals surface area contributed by atoms with Crippen LogP contribution in [0.25, 0.3) is 0 Å². The van der Waals surface area contributed by atoms with Crippen LogP contribution >= 0.6 is 0 Å². The average Bonchev–Trinajstić information content (AvgIpc) is 1.97. The van der Waals surface area contributed by atoms with Crippen molar-refractivity contribution in [3.05, 3.63) is 11.1 Å². The van der Waals surface area contributed by atoms with Gasteiger partial charge in [0.2, 0.25) is 0 Å². The molecule has 0 fully saturated rings. The second-order valence-corrected chi connectivity index (χ2v) is 4.23. The molecule has 0 bridgehead atoms. The van der Waals surface area contributed by atoms with Crippen LogP contribution in [0.5, 0.6) is 0 Å². The predicted molar refractivity (Wildman–Crippen MR) is 45.9 cm³/mol. The molecule has 1 aliphatic rings. The SMILES string of the molecule is CC1=C(C)C(C)(C)[C@H](C)C1. The molecule has 0 aromatic carbocycles. The number of hydrogen-bond donors (Lipinski definition) is 0. The van der Waals surface area contributed by atoms with Gasteiger partial charge in [0, 0.05) is 0 Å². The molecule has 0 saturated heterocycles. The lowest BCUT2D eigenvalue weighted by molar-refractivity contribution is 0.316. The fraction of sp³-hybridized carbons (Fsp3) is 0.800. The van der Waals surface area contributed by atoms with Gasteiger partial charge in [-0.15, -0.1) is 0 Å². The molecule has 0 aromatic heterocycles. The summed E-state index contributed by atoms with van der Waals surface area (Å²) in [6.45, 7) is 11.6. The minimum atomic E-state index is 0.462. The Kier molecular flexibility index (Phi) is 1.66. The Labute approximate surface area is 64.3 Å². The van der Waals surface area contributed by atoms with E-state index in [9.17, 15) is 0 Å². The Hall–Kier alpha value is -0.260. The molecular weight excluding hydrogens is 120 g/mol. The van der Waals surface area contributed by atoms with E-state index >= 15 is 0 Å². The zero-order chi connectivity index (χ0) is 7.94. The van der Waals surface area contributed by atoms with Gasteiger partial charge in [-0.05, 0) is 31.6 Å². The monoisotopic (exact) mass is 138 g/mol. The van der Waals surface area contributed by atoms with E-state index < -0.39 is 0 Å². The van der Waals surface area contributed by atoms with Gasteiger partial charge in [0.25, 0.3) is 0 Å². The highest BCUT2D eigenvalue weighted by atomic mass is 14.4. The minimum Gasteiger partial charge on any atom is -0.0736 e. The van der Waals surface area contributed by atoms with Crippen molar-refractivity contribution in [2.24, 2.45) is 11.3 Å². The highest BCUT2D eigenvalue weighted by Gasteiger charge is 2.34. The number of allylic oxidation sites excluding steroid dienone is 2. The molecule has 10 heavy (non-hydrogen) atoms. The quantitative estimate of drug-likeness (QED) is 0.450. The Morgan fingerprint density at radius 2 is 1.80 bits per heavy atom. The smallest absolute Gasteiger partial charge is 0.0116 e. The summed E-state index contributed by atoms with van der Waals surface area (Å²) in [7, 11) is 0. The van der Waals surface area contributed by atoms with Crippen molar-refractivity contribution >= 4 is 0 Å². The first-order valence-electron chi connectivity index (χ1n) is 4.13. The van der Waals surface area contributed by atoms with Crippen LogP contribution in [0.2, 0.25) is 0 Å². The number of rotatable bonds is 0. The summed E-state index contributed by atoms with van der Waals surface area (Å²) >= 11 is 0. The average molecular weight is 138 g/mol. The van der Waals surface area contributed by atoms with Gasteiger partial charge >= 0.3 is 0 Å². The standard InChI is InChI=1S/C10H18/c1-7-6-8(2)10(4,5)9(7)3/h8H,6H2,1-5H3/t8-/m1/s1. The second-order valence-electron chi connectivity index (χ2n) is 4.23. The molecule has 0 radical (unpaired) electrons. The molecule has 0 N–H and O–H groups in total. The third-order valence-electron chi connectivity index (χ3n) is 3.45. The maximum atomic E-state index is 2.35. The van der Waals surface area contributed by atoms with Crippen molar-refractivity contribution in [1.29, 1.82) is 0 Å². The normalized spacial score (nSPS) is 31.5. The van der Waals surface area contributed by atoms with Gasteiger partial charge in [0.05, 0.1) is 0 Å². The van der Waals surface area contributed by atoms with Crippen molar-refractivity contribution in [2.75, 3.05) is 0 Å². The second kappa shape index (κ2) is 2.11. The van der Waals surface area contributed by atoms with Crippen LogP contribution in [0, 0.1) is 11.3 Å². The molecule has 0 nitrogen and oxygen atoms in total. The lowest BCUT2D eigenvalue weighted by Gasteiger charge is -2.26. The Balaban J connectivity index is 2.94. The van der Waals surface area contributed by atoms with Crippen molar-refractivity contribution in [1.82, 2.24) is 0 Å². The Bertz CT molecular complexity index is 172. The predicted octanol–water partition coefficient (Wildman–Crippen LogP) is 3.39. The van der Waals surface area contributed by atoms with E-state index in [1.54, 1.807) is 11.1 Å². The van der Waals surface area contributed by atoms with Gasteiger partial charge < -0.3 is 0 Å². The van der Waals surface area contributed by atoms with Gasteiger partial charge in [-0.3, -0.25) is 0 Å². The van der Waals surface area contributed by atoms with Crippen LogP contribution in [0.4, 0.5) is 0 Å². The first kappa shape index (κ1) is 7.84. The Morgan fingerprint density at radius 3 is 1.90 bits per heavy atom. The molecule has 58 valence electrons. The molecule has 0 heterocycles. The van der Waals surface area contributed by atoms with Crippen LogP contribution in [-0.4, -0.2) is 0 Å². The van der Waals surface area contributed by atoms with Crippen molar-refractivity contribution < 1.29 is 0 Å². The lowest BCUT2D eigenvalue weighted by Crippen LogP contribution is -2.16. The largest absolute Gasteiger partial charge is 0.0736 e. The summed E-state index contributed by atoms with van der Waals surface area (Å²) in [5.41, 5.74) is 3.68. The van der Waals surface area contributed by atoms with Crippen LogP contribution in [0.1, 0.15) is 41.0 Å². The first-order valence-corrected chi connectivity index (χ1v) is 4.13. The van der Waals surface area contributed by atoms with E-state index in [2.05, 4.69) is 34.6 Å². The molecule has 1 atom stereocenters. The molecule has 1 rings (SSSR count). The van der Waals surface area contributed by atoms with Crippen molar-refractivity contribution in [3.8, 4) is 0 Å². The molecule has 0 heteroatoms. The van der Waals surface area contributed by atoms with Crippen LogP contribution in [0.3, 0.4) is 0 Å². The Morgan fingerprint density at radius 1 is 1.30 bits per heavy atom. The summed E-state index contributed by atoms with van der Waals surface area (Å²) in [6, 6.07) is 0. The fourth-order valence-corrected chi connectivity index (χ4v) is 1.79. The van der Waals surface area contributed by atoms with Crippen LogP contribution in [-0.2, 0) is 0 Å². The highest BCUT2D eigenvalue weighted by molar-refractivity contribution is 5.24. The maximum absolute atomic E-state index is 2.35. The summed E-state index contributed by atoms with van der Waals surface area (Å²) in [4.78, 5) is 0. The third kappa shape index (κ3) is 0.902. The lowest BCUT2D eigenvalue weighted by atomic mass is 9.79. The number of hydrogen-bond acceptors (Lipinski definition) is 0. The highest BCUT2D eigenvalue weighted by Crippen LogP contribution is 2.45. The summed E-state index contributed by atoms with van der Waals surface area (Å²) in [6.07, 6.45) is 1.30. The zero-order valence-electron chi connectivity index (χ0n) is 7.78. The molecule has 0 amide bonds. The van der Waals surface area contributed by atoms with Crippen LogP contribution < -0.4 is 0 Å². The molecule has 0 aromatic rings. The zero-order valence-corrected chi connectivity index (χ0v) is 7.78. The third-order valence-corrected chi connectivity index (χ3v) is 3.45. The molecule has 0 spiro atoms. The molecule has 1 aliphatic carbocycles. The van der Waals surface area contributed by atoms with E-state index in [1.165, 1.54) is 6.42 Å². The van der Waals surface area contributed by atoms with E-state index in [0.29, 0.717) is 5.41 Å². The van der Waals surface area contributed by atoms with E-state index in [4.69, 9.17) is 0 Å². The summed E-state index contributed by atoms with van der Waals surface area (Å²) in [5, 5.41) is 0. The first-order chi connectivity index (χ1) is 4.46.